The van der Waals surface area contributed by atoms with Crippen molar-refractivity contribution in [2.75, 3.05) is 20.3 Å². The van der Waals surface area contributed by atoms with Gasteiger partial charge >= 0.3 is 0 Å². The zero-order chi connectivity index (χ0) is 17.2. The first-order valence-corrected chi connectivity index (χ1v) is 8.19. The van der Waals surface area contributed by atoms with Crippen LogP contribution >= 0.6 is 0 Å². The largest absolute Gasteiger partial charge is 0.493 e. The Morgan fingerprint density at radius 3 is 2.21 bits per heavy atom. The highest BCUT2D eigenvalue weighted by Crippen LogP contribution is 2.26. The second-order valence-corrected chi connectivity index (χ2v) is 5.27. The smallest absolute Gasteiger partial charge is 0.161 e. The third kappa shape index (κ3) is 4.96. The predicted octanol–water partition coefficient (Wildman–Crippen LogP) is 4.67. The van der Waals surface area contributed by atoms with E-state index in [1.807, 2.05) is 43.3 Å². The molecule has 1 atom stereocenters. The number of methoxy groups -OCH3 is 1. The van der Waals surface area contributed by atoms with Gasteiger partial charge in [0.1, 0.15) is 19.0 Å². The molecule has 24 heavy (non-hydrogen) atoms. The second-order valence-electron chi connectivity index (χ2n) is 5.27. The SMILES string of the molecule is CC#CC(CC)c1ccc(OCCOc2ccccc2OC)cc1. The van der Waals surface area contributed by atoms with Gasteiger partial charge in [0.05, 0.1) is 7.11 Å². The van der Waals surface area contributed by atoms with E-state index in [0.29, 0.717) is 13.2 Å². The maximum absolute atomic E-state index is 5.73. The van der Waals surface area contributed by atoms with Gasteiger partial charge in [-0.15, -0.1) is 5.92 Å². The molecule has 1 unspecified atom stereocenters. The van der Waals surface area contributed by atoms with Crippen molar-refractivity contribution in [3.8, 4) is 29.1 Å². The standard InChI is InChI=1S/C21H24O3/c1-4-8-17(5-2)18-11-13-19(14-12-18)23-15-16-24-21-10-7-6-9-20(21)22-3/h6-7,9-14,17H,5,15-16H2,1-3H3. The van der Waals surface area contributed by atoms with Gasteiger partial charge in [-0.3, -0.25) is 0 Å². The molecule has 0 saturated carbocycles. The Hall–Kier alpha value is -2.60. The van der Waals surface area contributed by atoms with Gasteiger partial charge in [-0.25, -0.2) is 0 Å². The quantitative estimate of drug-likeness (QED) is 0.522. The van der Waals surface area contributed by atoms with Gasteiger partial charge in [0.15, 0.2) is 11.5 Å². The fraction of sp³-hybridized carbons (Fsp3) is 0.333. The lowest BCUT2D eigenvalue weighted by molar-refractivity contribution is 0.211. The van der Waals surface area contributed by atoms with Crippen LogP contribution in [-0.2, 0) is 0 Å². The van der Waals surface area contributed by atoms with Crippen LogP contribution < -0.4 is 14.2 Å². The zero-order valence-corrected chi connectivity index (χ0v) is 14.5. The summed E-state index contributed by atoms with van der Waals surface area (Å²) in [6.07, 6.45) is 1.01. The van der Waals surface area contributed by atoms with Crippen LogP contribution in [0, 0.1) is 11.8 Å². The van der Waals surface area contributed by atoms with Crippen LogP contribution in [0.3, 0.4) is 0 Å². The highest BCUT2D eigenvalue weighted by molar-refractivity contribution is 5.39. The molecular weight excluding hydrogens is 300 g/mol. The molecule has 0 aliphatic rings. The van der Waals surface area contributed by atoms with Crippen molar-refractivity contribution in [2.24, 2.45) is 0 Å². The van der Waals surface area contributed by atoms with E-state index in [9.17, 15) is 0 Å². The van der Waals surface area contributed by atoms with E-state index in [4.69, 9.17) is 14.2 Å². The molecule has 0 saturated heterocycles. The van der Waals surface area contributed by atoms with E-state index < -0.39 is 0 Å². The van der Waals surface area contributed by atoms with Crippen molar-refractivity contribution in [3.05, 3.63) is 54.1 Å². The van der Waals surface area contributed by atoms with E-state index in [-0.39, 0.29) is 5.92 Å². The van der Waals surface area contributed by atoms with Gasteiger partial charge in [-0.2, -0.15) is 0 Å². The highest BCUT2D eigenvalue weighted by Gasteiger charge is 2.06. The molecule has 126 valence electrons. The average Bonchev–Trinajstić information content (AvgIpc) is 2.64. The number of hydrogen-bond acceptors (Lipinski definition) is 3. The monoisotopic (exact) mass is 324 g/mol. The number of benzene rings is 2. The van der Waals surface area contributed by atoms with Crippen molar-refractivity contribution in [1.29, 1.82) is 0 Å². The summed E-state index contributed by atoms with van der Waals surface area (Å²) in [4.78, 5) is 0. The molecule has 2 rings (SSSR count). The number of rotatable bonds is 8. The van der Waals surface area contributed by atoms with Crippen LogP contribution in [-0.4, -0.2) is 20.3 Å². The minimum atomic E-state index is 0.290. The first kappa shape index (κ1) is 17.7. The van der Waals surface area contributed by atoms with Crippen molar-refractivity contribution < 1.29 is 14.2 Å². The Bertz CT molecular complexity index is 680. The Morgan fingerprint density at radius 1 is 0.917 bits per heavy atom. The molecule has 0 fully saturated rings. The van der Waals surface area contributed by atoms with Crippen LogP contribution in [0.2, 0.25) is 0 Å². The summed E-state index contributed by atoms with van der Waals surface area (Å²) in [6, 6.07) is 15.7. The molecule has 0 radical (unpaired) electrons. The summed E-state index contributed by atoms with van der Waals surface area (Å²) in [5.41, 5.74) is 1.23. The molecule has 2 aromatic carbocycles. The lowest BCUT2D eigenvalue weighted by Crippen LogP contribution is -2.09. The van der Waals surface area contributed by atoms with E-state index in [1.54, 1.807) is 7.11 Å². The number of para-hydroxylation sites is 2. The van der Waals surface area contributed by atoms with Crippen molar-refractivity contribution in [2.45, 2.75) is 26.2 Å². The Balaban J connectivity index is 1.83. The Labute approximate surface area is 144 Å². The Morgan fingerprint density at radius 2 is 1.58 bits per heavy atom. The van der Waals surface area contributed by atoms with Gasteiger partial charge in [0.2, 0.25) is 0 Å². The minimum absolute atomic E-state index is 0.290. The van der Waals surface area contributed by atoms with Crippen molar-refractivity contribution >= 4 is 0 Å². The van der Waals surface area contributed by atoms with E-state index in [0.717, 1.165) is 23.7 Å². The summed E-state index contributed by atoms with van der Waals surface area (Å²) < 4.78 is 16.7. The maximum atomic E-state index is 5.73. The lowest BCUT2D eigenvalue weighted by Gasteiger charge is -2.12. The van der Waals surface area contributed by atoms with Crippen LogP contribution in [0.5, 0.6) is 17.2 Å². The molecule has 0 aliphatic carbocycles. The normalized spacial score (nSPS) is 11.1. The van der Waals surface area contributed by atoms with Gasteiger partial charge in [-0.05, 0) is 43.2 Å². The van der Waals surface area contributed by atoms with E-state index in [2.05, 4.69) is 30.9 Å². The first-order valence-electron chi connectivity index (χ1n) is 8.19. The van der Waals surface area contributed by atoms with Crippen LogP contribution in [0.25, 0.3) is 0 Å². The van der Waals surface area contributed by atoms with Crippen LogP contribution in [0.1, 0.15) is 31.7 Å². The summed E-state index contributed by atoms with van der Waals surface area (Å²) in [7, 11) is 1.63. The molecule has 0 N–H and O–H groups in total. The highest BCUT2D eigenvalue weighted by atomic mass is 16.5. The molecule has 0 amide bonds. The van der Waals surface area contributed by atoms with Crippen LogP contribution in [0.4, 0.5) is 0 Å². The molecular formula is C21H24O3. The topological polar surface area (TPSA) is 27.7 Å². The molecule has 0 aromatic heterocycles. The predicted molar refractivity (Wildman–Crippen MR) is 96.9 cm³/mol. The molecule has 3 heteroatoms. The van der Waals surface area contributed by atoms with E-state index in [1.165, 1.54) is 5.56 Å². The van der Waals surface area contributed by atoms with Crippen LogP contribution in [0.15, 0.2) is 48.5 Å². The number of ether oxygens (including phenoxy) is 3. The molecule has 0 heterocycles. The Kier molecular flexibility index (Phi) is 7.04. The van der Waals surface area contributed by atoms with Crippen molar-refractivity contribution in [3.63, 3.8) is 0 Å². The van der Waals surface area contributed by atoms with Gasteiger partial charge in [0, 0.05) is 5.92 Å². The zero-order valence-electron chi connectivity index (χ0n) is 14.5. The van der Waals surface area contributed by atoms with Gasteiger partial charge in [0.25, 0.3) is 0 Å². The third-order valence-corrected chi connectivity index (χ3v) is 3.69. The van der Waals surface area contributed by atoms with Crippen molar-refractivity contribution in [1.82, 2.24) is 0 Å². The lowest BCUT2D eigenvalue weighted by atomic mass is 9.97. The maximum Gasteiger partial charge on any atom is 0.161 e. The summed E-state index contributed by atoms with van der Waals surface area (Å²) in [5.74, 6) is 8.79. The fourth-order valence-corrected chi connectivity index (χ4v) is 2.44. The molecule has 2 aromatic rings. The fourth-order valence-electron chi connectivity index (χ4n) is 2.44. The molecule has 0 spiro atoms. The average molecular weight is 324 g/mol. The molecule has 0 bridgehead atoms. The summed E-state index contributed by atoms with van der Waals surface area (Å²) in [6.45, 7) is 4.96. The minimum Gasteiger partial charge on any atom is -0.493 e. The van der Waals surface area contributed by atoms with Gasteiger partial charge in [-0.1, -0.05) is 37.1 Å². The first-order chi connectivity index (χ1) is 11.8. The summed E-state index contributed by atoms with van der Waals surface area (Å²) >= 11 is 0. The second kappa shape index (κ2) is 9.52. The number of hydrogen-bond donors (Lipinski definition) is 0. The molecule has 3 nitrogen and oxygen atoms in total. The van der Waals surface area contributed by atoms with E-state index >= 15 is 0 Å². The van der Waals surface area contributed by atoms with Gasteiger partial charge < -0.3 is 14.2 Å². The summed E-state index contributed by atoms with van der Waals surface area (Å²) in [5, 5.41) is 0. The third-order valence-electron chi connectivity index (χ3n) is 3.69. The molecule has 0 aliphatic heterocycles.